The smallest absolute Gasteiger partial charge is 0.247 e. The van der Waals surface area contributed by atoms with E-state index in [1.165, 1.54) is 0 Å². The third-order valence-electron chi connectivity index (χ3n) is 2.89. The quantitative estimate of drug-likeness (QED) is 0.874. The van der Waals surface area contributed by atoms with Crippen LogP contribution in [-0.2, 0) is 10.0 Å². The normalized spacial score (nSPS) is 19.7. The van der Waals surface area contributed by atoms with Crippen LogP contribution in [0.4, 0.5) is 0 Å². The van der Waals surface area contributed by atoms with E-state index in [1.807, 2.05) is 17.5 Å². The maximum Gasteiger partial charge on any atom is 0.247 e. The molecule has 2 aromatic heterocycles. The van der Waals surface area contributed by atoms with Crippen LogP contribution in [0.2, 0.25) is 0 Å². The van der Waals surface area contributed by atoms with Gasteiger partial charge in [-0.3, -0.25) is 0 Å². The molecule has 0 spiro atoms. The monoisotopic (exact) mass is 296 g/mol. The zero-order valence-electron chi connectivity index (χ0n) is 10.2. The molecule has 3 rings (SSSR count). The van der Waals surface area contributed by atoms with E-state index in [0.29, 0.717) is 12.2 Å². The highest BCUT2D eigenvalue weighted by Crippen LogP contribution is 2.35. The van der Waals surface area contributed by atoms with E-state index in [2.05, 4.69) is 5.10 Å². The third kappa shape index (κ3) is 2.31. The Kier molecular flexibility index (Phi) is 2.94. The summed E-state index contributed by atoms with van der Waals surface area (Å²) in [5, 5.41) is 6.20. The third-order valence-corrected chi connectivity index (χ3v) is 4.82. The van der Waals surface area contributed by atoms with Gasteiger partial charge in [-0.1, -0.05) is 6.07 Å². The van der Waals surface area contributed by atoms with Crippen molar-refractivity contribution >= 4 is 27.1 Å². The Hall–Kier alpha value is -1.60. The molecular formula is C12H12N2O3S2. The highest BCUT2D eigenvalue weighted by molar-refractivity contribution is 7.88. The number of hydrogen-bond acceptors (Lipinski definition) is 5. The van der Waals surface area contributed by atoms with E-state index in [-0.39, 0.29) is 6.04 Å². The van der Waals surface area contributed by atoms with E-state index < -0.39 is 10.0 Å². The summed E-state index contributed by atoms with van der Waals surface area (Å²) < 4.78 is 30.1. The molecule has 1 atom stereocenters. The van der Waals surface area contributed by atoms with Gasteiger partial charge in [0.2, 0.25) is 10.0 Å². The van der Waals surface area contributed by atoms with E-state index >= 15 is 0 Å². The molecule has 7 heteroatoms. The SMILES string of the molecule is CS(=O)(=O)N1N=C(c2cccs2)C[C@H]1c1ccco1. The van der Waals surface area contributed by atoms with E-state index in [9.17, 15) is 8.42 Å². The molecule has 0 saturated carbocycles. The van der Waals surface area contributed by atoms with Gasteiger partial charge in [0.25, 0.3) is 0 Å². The second-order valence-electron chi connectivity index (χ2n) is 4.29. The predicted molar refractivity (Wildman–Crippen MR) is 73.6 cm³/mol. The molecule has 19 heavy (non-hydrogen) atoms. The first kappa shape index (κ1) is 12.4. The molecule has 0 unspecified atom stereocenters. The summed E-state index contributed by atoms with van der Waals surface area (Å²) in [6.07, 6.45) is 3.23. The fraction of sp³-hybridized carbons (Fsp3) is 0.250. The molecule has 100 valence electrons. The van der Waals surface area contributed by atoms with E-state index in [4.69, 9.17) is 4.42 Å². The van der Waals surface area contributed by atoms with Gasteiger partial charge >= 0.3 is 0 Å². The van der Waals surface area contributed by atoms with Crippen molar-refractivity contribution in [2.75, 3.05) is 6.26 Å². The average molecular weight is 296 g/mol. The van der Waals surface area contributed by atoms with Gasteiger partial charge in [0.1, 0.15) is 11.8 Å². The van der Waals surface area contributed by atoms with Crippen LogP contribution >= 0.6 is 11.3 Å². The minimum absolute atomic E-state index is 0.387. The standard InChI is InChI=1S/C12H12N2O3S2/c1-19(15,16)14-10(11-4-2-6-17-11)8-9(13-14)12-5-3-7-18-12/h2-7,10H,8H2,1H3/t10-/m0/s1. The Labute approximate surface area is 115 Å². The first-order valence-electron chi connectivity index (χ1n) is 5.70. The van der Waals surface area contributed by atoms with Crippen LogP contribution in [0.3, 0.4) is 0 Å². The van der Waals surface area contributed by atoms with Crippen LogP contribution < -0.4 is 0 Å². The number of hydrogen-bond donors (Lipinski definition) is 0. The summed E-state index contributed by atoms with van der Waals surface area (Å²) in [5.41, 5.74) is 0.779. The van der Waals surface area contributed by atoms with Crippen molar-refractivity contribution < 1.29 is 12.8 Å². The van der Waals surface area contributed by atoms with Crippen LogP contribution in [-0.4, -0.2) is 24.8 Å². The lowest BCUT2D eigenvalue weighted by molar-refractivity contribution is 0.322. The van der Waals surface area contributed by atoms with E-state index in [0.717, 1.165) is 21.3 Å². The zero-order chi connectivity index (χ0) is 13.5. The van der Waals surface area contributed by atoms with Crippen molar-refractivity contribution in [2.45, 2.75) is 12.5 Å². The number of thiophene rings is 1. The number of rotatable bonds is 3. The lowest BCUT2D eigenvalue weighted by Gasteiger charge is -2.18. The Morgan fingerprint density at radius 3 is 2.84 bits per heavy atom. The summed E-state index contributed by atoms with van der Waals surface area (Å²) in [5.74, 6) is 0.612. The largest absolute Gasteiger partial charge is 0.467 e. The van der Waals surface area contributed by atoms with Gasteiger partial charge in [0, 0.05) is 6.42 Å². The van der Waals surface area contributed by atoms with Gasteiger partial charge in [0.05, 0.1) is 23.1 Å². The fourth-order valence-corrected chi connectivity index (χ4v) is 3.69. The fourth-order valence-electron chi connectivity index (χ4n) is 2.08. The molecule has 0 radical (unpaired) electrons. The topological polar surface area (TPSA) is 62.9 Å². The molecule has 0 bridgehead atoms. The minimum atomic E-state index is -3.41. The molecule has 3 heterocycles. The van der Waals surface area contributed by atoms with Crippen molar-refractivity contribution in [1.82, 2.24) is 4.41 Å². The average Bonchev–Trinajstić information content (AvgIpc) is 3.09. The maximum absolute atomic E-state index is 11.8. The molecule has 0 saturated heterocycles. The van der Waals surface area contributed by atoms with Gasteiger partial charge in [0.15, 0.2) is 0 Å². The Morgan fingerprint density at radius 1 is 1.42 bits per heavy atom. The lowest BCUT2D eigenvalue weighted by Crippen LogP contribution is -2.25. The number of hydrazone groups is 1. The lowest BCUT2D eigenvalue weighted by atomic mass is 10.1. The van der Waals surface area contributed by atoms with Crippen LogP contribution in [0.5, 0.6) is 0 Å². The molecule has 2 aromatic rings. The highest BCUT2D eigenvalue weighted by atomic mass is 32.2. The Balaban J connectivity index is 2.00. The molecule has 1 aliphatic heterocycles. The first-order chi connectivity index (χ1) is 9.05. The molecule has 1 aliphatic rings. The zero-order valence-corrected chi connectivity index (χ0v) is 11.8. The summed E-state index contributed by atoms with van der Waals surface area (Å²) in [6, 6.07) is 7.00. The highest BCUT2D eigenvalue weighted by Gasteiger charge is 2.36. The molecule has 0 aliphatic carbocycles. The van der Waals surface area contributed by atoms with Crippen molar-refractivity contribution in [1.29, 1.82) is 0 Å². The van der Waals surface area contributed by atoms with Crippen molar-refractivity contribution in [3.8, 4) is 0 Å². The molecule has 0 amide bonds. The number of furan rings is 1. The second kappa shape index (κ2) is 4.50. The summed E-state index contributed by atoms with van der Waals surface area (Å²) in [6.45, 7) is 0. The molecule has 0 fully saturated rings. The number of nitrogens with zero attached hydrogens (tertiary/aromatic N) is 2. The summed E-state index contributed by atoms with van der Waals surface area (Å²) in [4.78, 5) is 0.989. The predicted octanol–water partition coefficient (Wildman–Crippen LogP) is 2.45. The Morgan fingerprint density at radius 2 is 2.26 bits per heavy atom. The minimum Gasteiger partial charge on any atom is -0.467 e. The van der Waals surface area contributed by atoms with Crippen molar-refractivity contribution in [3.63, 3.8) is 0 Å². The molecule has 0 N–H and O–H groups in total. The van der Waals surface area contributed by atoms with Crippen LogP contribution in [0.1, 0.15) is 23.1 Å². The molecule has 0 aromatic carbocycles. The van der Waals surface area contributed by atoms with Gasteiger partial charge in [-0.15, -0.1) is 11.3 Å². The van der Waals surface area contributed by atoms with Crippen molar-refractivity contribution in [3.05, 3.63) is 46.5 Å². The van der Waals surface area contributed by atoms with E-state index in [1.54, 1.807) is 29.7 Å². The molecule has 5 nitrogen and oxygen atoms in total. The summed E-state index contributed by atoms with van der Waals surface area (Å²) >= 11 is 1.55. The van der Waals surface area contributed by atoms with Gasteiger partial charge in [-0.25, -0.2) is 8.42 Å². The van der Waals surface area contributed by atoms with Gasteiger partial charge in [-0.2, -0.15) is 9.52 Å². The Bertz CT molecular complexity index is 687. The summed E-state index contributed by atoms with van der Waals surface area (Å²) in [7, 11) is -3.41. The van der Waals surface area contributed by atoms with Gasteiger partial charge in [-0.05, 0) is 23.6 Å². The second-order valence-corrected chi connectivity index (χ2v) is 7.08. The van der Waals surface area contributed by atoms with Crippen LogP contribution in [0.15, 0.2) is 45.4 Å². The maximum atomic E-state index is 11.8. The van der Waals surface area contributed by atoms with Crippen LogP contribution in [0, 0.1) is 0 Å². The number of sulfonamides is 1. The van der Waals surface area contributed by atoms with Crippen molar-refractivity contribution in [2.24, 2.45) is 5.10 Å². The van der Waals surface area contributed by atoms with Gasteiger partial charge < -0.3 is 4.42 Å². The van der Waals surface area contributed by atoms with Crippen LogP contribution in [0.25, 0.3) is 0 Å². The molecular weight excluding hydrogens is 284 g/mol. The first-order valence-corrected chi connectivity index (χ1v) is 8.42.